The number of aliphatic carboxylic acids is 1. The van der Waals surface area contributed by atoms with E-state index in [1.54, 1.807) is 0 Å². The monoisotopic (exact) mass is 408 g/mol. The summed E-state index contributed by atoms with van der Waals surface area (Å²) in [6, 6.07) is 4.14. The Morgan fingerprint density at radius 3 is 2.59 bits per heavy atom. The topological polar surface area (TPSA) is 131 Å². The summed E-state index contributed by atoms with van der Waals surface area (Å²) in [6.07, 6.45) is -3.00. The van der Waals surface area contributed by atoms with Crippen molar-refractivity contribution >= 4 is 17.4 Å². The van der Waals surface area contributed by atoms with E-state index < -0.39 is 40.3 Å². The predicted molar refractivity (Wildman–Crippen MR) is 95.0 cm³/mol. The van der Waals surface area contributed by atoms with Crippen molar-refractivity contribution in [2.45, 2.75) is 25.1 Å². The van der Waals surface area contributed by atoms with Crippen LogP contribution in [0.3, 0.4) is 0 Å². The minimum Gasteiger partial charge on any atom is -0.508 e. The number of aliphatic hydroxyl groups is 1. The summed E-state index contributed by atoms with van der Waals surface area (Å²) in [5.41, 5.74) is 4.81. The highest BCUT2D eigenvalue weighted by Crippen LogP contribution is 2.29. The molecule has 4 N–H and O–H groups in total. The zero-order valence-electron chi connectivity index (χ0n) is 14.7. The van der Waals surface area contributed by atoms with Crippen LogP contribution in [0, 0.1) is 0 Å². The minimum atomic E-state index is -4.46. The molecule has 1 unspecified atom stereocenters. The summed E-state index contributed by atoms with van der Waals surface area (Å²) < 4.78 is 39.5. The van der Waals surface area contributed by atoms with E-state index in [2.05, 4.69) is 10.1 Å². The summed E-state index contributed by atoms with van der Waals surface area (Å²) >= 11 is 0. The molecule has 0 aliphatic carbocycles. The van der Waals surface area contributed by atoms with Gasteiger partial charge in [0.1, 0.15) is 6.33 Å². The van der Waals surface area contributed by atoms with Crippen LogP contribution in [0.4, 0.5) is 13.2 Å². The minimum absolute atomic E-state index is 0.163. The second-order valence-corrected chi connectivity index (χ2v) is 6.28. The second kappa shape index (κ2) is 7.51. The summed E-state index contributed by atoms with van der Waals surface area (Å²) in [5, 5.41) is 22.4. The third-order valence-electron chi connectivity index (χ3n) is 4.33. The highest BCUT2D eigenvalue weighted by molar-refractivity contribution is 5.83. The van der Waals surface area contributed by atoms with E-state index in [-0.39, 0.29) is 18.5 Å². The van der Waals surface area contributed by atoms with Gasteiger partial charge < -0.3 is 15.9 Å². The SMILES string of the molecule is NC(C(=O)O)C(O)=c1c(=O)cc(CCc2cccc(C(F)(F)F)c2)c2ncnn12. The van der Waals surface area contributed by atoms with Gasteiger partial charge in [-0.25, -0.2) is 9.50 Å². The van der Waals surface area contributed by atoms with E-state index in [1.165, 1.54) is 12.1 Å². The number of nitrogens with two attached hydrogens (primary N) is 1. The number of rotatable bonds is 5. The van der Waals surface area contributed by atoms with Crippen molar-refractivity contribution in [1.82, 2.24) is 14.6 Å². The van der Waals surface area contributed by atoms with Crippen molar-refractivity contribution < 1.29 is 28.2 Å². The molecule has 0 saturated heterocycles. The molecule has 3 rings (SSSR count). The number of alkyl halides is 3. The molecule has 29 heavy (non-hydrogen) atoms. The lowest BCUT2D eigenvalue weighted by Gasteiger charge is -2.09. The number of carboxylic acid groups (broad SMARTS) is 1. The number of aryl methyl sites for hydroxylation is 2. The molecule has 0 fully saturated rings. The van der Waals surface area contributed by atoms with E-state index in [0.29, 0.717) is 11.1 Å². The van der Waals surface area contributed by atoms with Gasteiger partial charge in [0.05, 0.1) is 5.56 Å². The molecular weight excluding hydrogens is 393 g/mol. The largest absolute Gasteiger partial charge is 0.508 e. The molecule has 0 spiro atoms. The number of hydrogen-bond donors (Lipinski definition) is 3. The summed E-state index contributed by atoms with van der Waals surface area (Å²) in [6.45, 7) is 0. The number of carbonyl (C=O) groups is 1. The normalized spacial score (nSPS) is 14.1. The van der Waals surface area contributed by atoms with E-state index in [1.807, 2.05) is 0 Å². The van der Waals surface area contributed by atoms with Gasteiger partial charge in [0.2, 0.25) is 5.43 Å². The van der Waals surface area contributed by atoms with Crippen LogP contribution in [0.1, 0.15) is 16.7 Å². The van der Waals surface area contributed by atoms with Crippen molar-refractivity contribution in [2.75, 3.05) is 0 Å². The Labute approximate surface area is 160 Å². The van der Waals surface area contributed by atoms with Crippen molar-refractivity contribution in [3.8, 4) is 0 Å². The lowest BCUT2D eigenvalue weighted by Crippen LogP contribution is -2.42. The second-order valence-electron chi connectivity index (χ2n) is 6.28. The van der Waals surface area contributed by atoms with Gasteiger partial charge in [-0.05, 0) is 30.5 Å². The fourth-order valence-corrected chi connectivity index (χ4v) is 2.88. The van der Waals surface area contributed by atoms with E-state index in [9.17, 15) is 27.9 Å². The Hall–Kier alpha value is -3.47. The highest BCUT2D eigenvalue weighted by Gasteiger charge is 2.30. The Kier molecular flexibility index (Phi) is 5.25. The van der Waals surface area contributed by atoms with Crippen molar-refractivity contribution in [1.29, 1.82) is 0 Å². The predicted octanol–water partition coefficient (Wildman–Crippen LogP) is 0.690. The van der Waals surface area contributed by atoms with Crippen LogP contribution in [0.2, 0.25) is 0 Å². The van der Waals surface area contributed by atoms with Crippen LogP contribution >= 0.6 is 0 Å². The average molecular weight is 408 g/mol. The molecule has 0 amide bonds. The Morgan fingerprint density at radius 2 is 1.93 bits per heavy atom. The summed E-state index contributed by atoms with van der Waals surface area (Å²) in [5.74, 6) is -2.41. The van der Waals surface area contributed by atoms with Gasteiger partial charge in [0.15, 0.2) is 22.8 Å². The van der Waals surface area contributed by atoms with Crippen LogP contribution < -0.4 is 16.5 Å². The smallest absolute Gasteiger partial charge is 0.416 e. The highest BCUT2D eigenvalue weighted by atomic mass is 19.4. The molecule has 0 radical (unpaired) electrons. The number of aliphatic hydroxyl groups excluding tert-OH is 1. The molecule has 152 valence electrons. The maximum atomic E-state index is 12.9. The van der Waals surface area contributed by atoms with Crippen LogP contribution in [-0.4, -0.2) is 36.8 Å². The molecule has 8 nitrogen and oxygen atoms in total. The molecule has 3 aromatic rings. The third kappa shape index (κ3) is 4.04. The van der Waals surface area contributed by atoms with Crippen LogP contribution in [-0.2, 0) is 23.8 Å². The van der Waals surface area contributed by atoms with Crippen LogP contribution in [0.15, 0.2) is 41.5 Å². The summed E-state index contributed by atoms with van der Waals surface area (Å²) in [4.78, 5) is 27.4. The van der Waals surface area contributed by atoms with Crippen molar-refractivity contribution in [3.05, 3.63) is 68.9 Å². The molecule has 2 aromatic heterocycles. The van der Waals surface area contributed by atoms with Gasteiger partial charge in [-0.3, -0.25) is 9.59 Å². The Balaban J connectivity index is 2.01. The number of aromatic nitrogens is 3. The van der Waals surface area contributed by atoms with E-state index >= 15 is 0 Å². The van der Waals surface area contributed by atoms with Gasteiger partial charge in [-0.15, -0.1) is 0 Å². The fraction of sp³-hybridized carbons (Fsp3) is 0.222. The quantitative estimate of drug-likeness (QED) is 0.566. The number of hydrogen-bond acceptors (Lipinski definition) is 6. The Morgan fingerprint density at radius 1 is 1.21 bits per heavy atom. The molecule has 0 aliphatic rings. The molecular formula is C18H15F3N4O4. The molecule has 1 atom stereocenters. The number of nitrogens with zero attached hydrogens (tertiary/aromatic N) is 3. The first-order valence-corrected chi connectivity index (χ1v) is 8.33. The van der Waals surface area contributed by atoms with Crippen molar-refractivity contribution in [2.24, 2.45) is 5.73 Å². The van der Waals surface area contributed by atoms with Crippen LogP contribution in [0.5, 0.6) is 0 Å². The zero-order valence-corrected chi connectivity index (χ0v) is 14.7. The first kappa shape index (κ1) is 20.3. The molecule has 0 aliphatic heterocycles. The maximum absolute atomic E-state index is 12.9. The van der Waals surface area contributed by atoms with Crippen LogP contribution in [0.25, 0.3) is 11.4 Å². The number of halogens is 3. The average Bonchev–Trinajstić information content (AvgIpc) is 3.14. The first-order valence-electron chi connectivity index (χ1n) is 8.33. The lowest BCUT2D eigenvalue weighted by atomic mass is 10.0. The van der Waals surface area contributed by atoms with Gasteiger partial charge in [-0.2, -0.15) is 18.3 Å². The number of fused-ring (bicyclic) bond motifs is 1. The fourth-order valence-electron chi connectivity index (χ4n) is 2.88. The van der Waals surface area contributed by atoms with Crippen molar-refractivity contribution in [3.63, 3.8) is 0 Å². The van der Waals surface area contributed by atoms with Gasteiger partial charge in [0.25, 0.3) is 0 Å². The first-order chi connectivity index (χ1) is 13.6. The molecule has 11 heteroatoms. The maximum Gasteiger partial charge on any atom is 0.416 e. The zero-order chi connectivity index (χ0) is 21.3. The molecule has 0 bridgehead atoms. The number of carboxylic acids is 1. The van der Waals surface area contributed by atoms with E-state index in [4.69, 9.17) is 10.8 Å². The molecule has 1 aromatic carbocycles. The van der Waals surface area contributed by atoms with Gasteiger partial charge >= 0.3 is 12.1 Å². The van der Waals surface area contributed by atoms with Gasteiger partial charge in [-0.1, -0.05) is 18.2 Å². The number of pyridine rings is 1. The lowest BCUT2D eigenvalue weighted by molar-refractivity contribution is -0.138. The summed E-state index contributed by atoms with van der Waals surface area (Å²) in [7, 11) is 0. The molecule has 0 saturated carbocycles. The number of benzene rings is 1. The van der Waals surface area contributed by atoms with E-state index in [0.717, 1.165) is 29.0 Å². The third-order valence-corrected chi connectivity index (χ3v) is 4.33. The van der Waals surface area contributed by atoms with Gasteiger partial charge in [0, 0.05) is 5.56 Å². The standard InChI is InChI=1S/C18H15F3N4O4/c19-18(20,21)11-3-1-2-9(6-11)4-5-10-7-12(26)14(15(27)13(22)17(28)29)25-16(10)23-8-24-25/h1-3,6-8,13,27H,4-5,22H2,(H,28,29). The Bertz CT molecular complexity index is 1190. The molecule has 2 heterocycles.